The standard InChI is InChI=1S/C18H17N3O5S/c1-2-25-16(23)9-8-15(22)21-18(27)20-13-6-3-5-12(11-13)19-17(24)14-7-4-10-26-14/h3-11H,2H2,1H3,(H,19,24)(H2,20,21,22,27)/b9-8+. The van der Waals surface area contributed by atoms with Crippen molar-refractivity contribution in [2.45, 2.75) is 6.92 Å². The summed E-state index contributed by atoms with van der Waals surface area (Å²) in [6.45, 7) is 1.88. The van der Waals surface area contributed by atoms with E-state index in [2.05, 4.69) is 20.7 Å². The Labute approximate surface area is 160 Å². The summed E-state index contributed by atoms with van der Waals surface area (Å²) in [4.78, 5) is 34.8. The summed E-state index contributed by atoms with van der Waals surface area (Å²) in [5, 5.41) is 7.91. The number of nitrogens with one attached hydrogen (secondary N) is 3. The van der Waals surface area contributed by atoms with Crippen LogP contribution < -0.4 is 16.0 Å². The van der Waals surface area contributed by atoms with E-state index in [-0.39, 0.29) is 17.5 Å². The summed E-state index contributed by atoms with van der Waals surface area (Å²) in [6.07, 6.45) is 3.43. The van der Waals surface area contributed by atoms with Gasteiger partial charge in [0.1, 0.15) is 0 Å². The fraction of sp³-hybridized carbons (Fsp3) is 0.111. The molecular formula is C18H17N3O5S. The van der Waals surface area contributed by atoms with Gasteiger partial charge in [0, 0.05) is 23.5 Å². The lowest BCUT2D eigenvalue weighted by Crippen LogP contribution is -2.33. The number of carbonyl (C=O) groups excluding carboxylic acids is 3. The molecule has 2 amide bonds. The number of furan rings is 1. The predicted octanol–water partition coefficient (Wildman–Crippen LogP) is 2.46. The summed E-state index contributed by atoms with van der Waals surface area (Å²) in [5.74, 6) is -1.41. The third-order valence-electron chi connectivity index (χ3n) is 3.02. The zero-order valence-electron chi connectivity index (χ0n) is 14.4. The highest BCUT2D eigenvalue weighted by atomic mass is 32.1. The molecule has 0 fully saturated rings. The van der Waals surface area contributed by atoms with Crippen molar-refractivity contribution in [2.24, 2.45) is 0 Å². The molecule has 1 aromatic carbocycles. The molecule has 0 radical (unpaired) electrons. The molecule has 0 bridgehead atoms. The first-order valence-corrected chi connectivity index (χ1v) is 8.30. The maximum absolute atomic E-state index is 12.0. The number of carbonyl (C=O) groups is 3. The van der Waals surface area contributed by atoms with E-state index in [1.54, 1.807) is 43.3 Å². The van der Waals surface area contributed by atoms with Crippen LogP contribution in [0.15, 0.2) is 59.2 Å². The first-order chi connectivity index (χ1) is 13.0. The highest BCUT2D eigenvalue weighted by Crippen LogP contribution is 2.16. The first-order valence-electron chi connectivity index (χ1n) is 7.89. The third-order valence-corrected chi connectivity index (χ3v) is 3.22. The number of hydrogen-bond acceptors (Lipinski definition) is 6. The Bertz CT molecular complexity index is 862. The predicted molar refractivity (Wildman–Crippen MR) is 103 cm³/mol. The van der Waals surface area contributed by atoms with E-state index in [1.165, 1.54) is 6.26 Å². The molecule has 0 aliphatic carbocycles. The summed E-state index contributed by atoms with van der Waals surface area (Å²) in [6, 6.07) is 9.89. The van der Waals surface area contributed by atoms with E-state index in [1.807, 2.05) is 0 Å². The van der Waals surface area contributed by atoms with Gasteiger partial charge in [-0.1, -0.05) is 6.07 Å². The minimum absolute atomic E-state index is 0.0306. The molecule has 2 rings (SSSR count). The van der Waals surface area contributed by atoms with E-state index < -0.39 is 17.8 Å². The number of thiocarbonyl (C=S) groups is 1. The van der Waals surface area contributed by atoms with Crippen molar-refractivity contribution in [3.8, 4) is 0 Å². The van der Waals surface area contributed by atoms with Crippen LogP contribution in [-0.2, 0) is 14.3 Å². The molecule has 0 unspecified atom stereocenters. The van der Waals surface area contributed by atoms with Gasteiger partial charge in [-0.05, 0) is 49.5 Å². The van der Waals surface area contributed by atoms with Gasteiger partial charge < -0.3 is 19.8 Å². The second-order valence-electron chi connectivity index (χ2n) is 5.04. The van der Waals surface area contributed by atoms with Gasteiger partial charge >= 0.3 is 5.97 Å². The summed E-state index contributed by atoms with van der Waals surface area (Å²) in [7, 11) is 0. The number of ether oxygens (including phenoxy) is 1. The topological polar surface area (TPSA) is 110 Å². The average Bonchev–Trinajstić information content (AvgIpc) is 3.15. The van der Waals surface area contributed by atoms with Gasteiger partial charge in [0.15, 0.2) is 10.9 Å². The van der Waals surface area contributed by atoms with Crippen LogP contribution in [0, 0.1) is 0 Å². The fourth-order valence-corrected chi connectivity index (χ4v) is 2.14. The number of esters is 1. The van der Waals surface area contributed by atoms with E-state index in [4.69, 9.17) is 16.6 Å². The molecular weight excluding hydrogens is 370 g/mol. The van der Waals surface area contributed by atoms with Crippen LogP contribution in [0.5, 0.6) is 0 Å². The Morgan fingerprint density at radius 1 is 1.11 bits per heavy atom. The van der Waals surface area contributed by atoms with Crippen LogP contribution >= 0.6 is 12.2 Å². The van der Waals surface area contributed by atoms with Gasteiger partial charge in [0.25, 0.3) is 5.91 Å². The smallest absolute Gasteiger partial charge is 0.330 e. The van der Waals surface area contributed by atoms with E-state index >= 15 is 0 Å². The van der Waals surface area contributed by atoms with Gasteiger partial charge in [0.05, 0.1) is 12.9 Å². The van der Waals surface area contributed by atoms with Crippen molar-refractivity contribution in [1.29, 1.82) is 0 Å². The number of amides is 2. The lowest BCUT2D eigenvalue weighted by molar-refractivity contribution is -0.137. The van der Waals surface area contributed by atoms with E-state index in [0.29, 0.717) is 11.4 Å². The zero-order valence-corrected chi connectivity index (χ0v) is 15.2. The Kier molecular flexibility index (Phi) is 7.26. The van der Waals surface area contributed by atoms with Crippen LogP contribution in [0.2, 0.25) is 0 Å². The van der Waals surface area contributed by atoms with Crippen LogP contribution in [-0.4, -0.2) is 29.5 Å². The highest BCUT2D eigenvalue weighted by molar-refractivity contribution is 7.80. The van der Waals surface area contributed by atoms with Crippen molar-refractivity contribution in [3.63, 3.8) is 0 Å². The molecule has 1 aromatic heterocycles. The molecule has 27 heavy (non-hydrogen) atoms. The average molecular weight is 387 g/mol. The van der Waals surface area contributed by atoms with E-state index in [0.717, 1.165) is 12.2 Å². The monoisotopic (exact) mass is 387 g/mol. The Balaban J connectivity index is 1.89. The minimum Gasteiger partial charge on any atom is -0.463 e. The lowest BCUT2D eigenvalue weighted by atomic mass is 10.2. The van der Waals surface area contributed by atoms with Crippen molar-refractivity contribution < 1.29 is 23.5 Å². The molecule has 0 saturated heterocycles. The number of benzene rings is 1. The Hall–Kier alpha value is -3.46. The van der Waals surface area contributed by atoms with Gasteiger partial charge in [-0.3, -0.25) is 14.9 Å². The minimum atomic E-state index is -0.619. The van der Waals surface area contributed by atoms with Gasteiger partial charge in [-0.15, -0.1) is 0 Å². The number of hydrogen-bond donors (Lipinski definition) is 3. The van der Waals surface area contributed by atoms with Gasteiger partial charge in [-0.25, -0.2) is 4.79 Å². The molecule has 0 saturated carbocycles. The summed E-state index contributed by atoms with van der Waals surface area (Å²) < 4.78 is 9.69. The van der Waals surface area contributed by atoms with E-state index in [9.17, 15) is 14.4 Å². The number of anilines is 2. The quantitative estimate of drug-likeness (QED) is 0.397. The van der Waals surface area contributed by atoms with Crippen LogP contribution in [0.3, 0.4) is 0 Å². The molecule has 2 aromatic rings. The molecule has 1 heterocycles. The maximum Gasteiger partial charge on any atom is 0.330 e. The first kappa shape index (κ1) is 19.9. The molecule has 3 N–H and O–H groups in total. The normalized spacial score (nSPS) is 10.3. The van der Waals surface area contributed by atoms with Crippen molar-refractivity contribution in [3.05, 3.63) is 60.6 Å². The lowest BCUT2D eigenvalue weighted by Gasteiger charge is -2.10. The Morgan fingerprint density at radius 2 is 1.85 bits per heavy atom. The SMILES string of the molecule is CCOC(=O)/C=C/C(=O)NC(=S)Nc1cccc(NC(=O)c2ccco2)c1. The number of rotatable bonds is 6. The molecule has 0 aliphatic heterocycles. The summed E-state index contributed by atoms with van der Waals surface area (Å²) in [5.41, 5.74) is 1.06. The fourth-order valence-electron chi connectivity index (χ4n) is 1.93. The molecule has 0 spiro atoms. The highest BCUT2D eigenvalue weighted by Gasteiger charge is 2.09. The van der Waals surface area contributed by atoms with Crippen molar-refractivity contribution >= 4 is 46.5 Å². The molecule has 0 atom stereocenters. The zero-order chi connectivity index (χ0) is 19.6. The Morgan fingerprint density at radius 3 is 2.52 bits per heavy atom. The largest absolute Gasteiger partial charge is 0.463 e. The van der Waals surface area contributed by atoms with Gasteiger partial charge in [0.2, 0.25) is 5.91 Å². The van der Waals surface area contributed by atoms with Crippen molar-refractivity contribution in [1.82, 2.24) is 5.32 Å². The van der Waals surface area contributed by atoms with Crippen LogP contribution in [0.4, 0.5) is 11.4 Å². The second-order valence-corrected chi connectivity index (χ2v) is 5.45. The summed E-state index contributed by atoms with van der Waals surface area (Å²) >= 11 is 5.04. The maximum atomic E-state index is 12.0. The van der Waals surface area contributed by atoms with Crippen LogP contribution in [0.25, 0.3) is 0 Å². The van der Waals surface area contributed by atoms with Crippen LogP contribution in [0.1, 0.15) is 17.5 Å². The van der Waals surface area contributed by atoms with Gasteiger partial charge in [-0.2, -0.15) is 0 Å². The molecule has 8 nitrogen and oxygen atoms in total. The molecule has 140 valence electrons. The second kappa shape index (κ2) is 9.88. The molecule has 9 heteroatoms. The molecule has 0 aliphatic rings. The third kappa shape index (κ3) is 6.75. The van der Waals surface area contributed by atoms with Crippen molar-refractivity contribution in [2.75, 3.05) is 17.2 Å².